The maximum Gasteiger partial charge on any atom is 0.242 e. The largest absolute Gasteiger partial charge is 0.357 e. The summed E-state index contributed by atoms with van der Waals surface area (Å²) < 4.78 is 0. The molecule has 78 valence electrons. The van der Waals surface area contributed by atoms with Gasteiger partial charge in [0.2, 0.25) is 11.9 Å². The van der Waals surface area contributed by atoms with E-state index in [1.54, 1.807) is 14.0 Å². The minimum Gasteiger partial charge on any atom is -0.357 e. The third-order valence-electron chi connectivity index (χ3n) is 1.76. The van der Waals surface area contributed by atoms with Crippen LogP contribution < -0.4 is 10.6 Å². The van der Waals surface area contributed by atoms with Crippen LogP contribution in [0.3, 0.4) is 0 Å². The lowest BCUT2D eigenvalue weighted by molar-refractivity contribution is -0.121. The number of likely N-dealkylation sites (N-methyl/N-ethyl adjacent to an activating group) is 1. The van der Waals surface area contributed by atoms with Crippen molar-refractivity contribution in [3.63, 3.8) is 0 Å². The van der Waals surface area contributed by atoms with Gasteiger partial charge < -0.3 is 10.6 Å². The number of amides is 1. The van der Waals surface area contributed by atoms with Crippen LogP contribution in [0.4, 0.5) is 5.95 Å². The molecule has 1 atom stereocenters. The molecule has 1 aromatic rings. The molecular weight excluding hydrogens is 194 g/mol. The van der Waals surface area contributed by atoms with Gasteiger partial charge in [-0.3, -0.25) is 4.79 Å². The third-order valence-corrected chi connectivity index (χ3v) is 1.76. The number of hydrogen-bond acceptors (Lipinski definition) is 5. The summed E-state index contributed by atoms with van der Waals surface area (Å²) in [5.41, 5.74) is 0.261. The average Bonchev–Trinajstić information content (AvgIpc) is 2.28. The number of anilines is 1. The zero-order valence-corrected chi connectivity index (χ0v) is 8.48. The first-order valence-electron chi connectivity index (χ1n) is 4.38. The second-order valence-electron chi connectivity index (χ2n) is 2.86. The zero-order valence-electron chi connectivity index (χ0n) is 8.48. The molecule has 15 heavy (non-hydrogen) atoms. The Morgan fingerprint density at radius 1 is 1.67 bits per heavy atom. The van der Waals surface area contributed by atoms with Gasteiger partial charge in [-0.25, -0.2) is 9.97 Å². The predicted molar refractivity (Wildman–Crippen MR) is 53.9 cm³/mol. The molecular formula is C9H11N5O. The molecule has 0 aliphatic heterocycles. The normalized spacial score (nSPS) is 11.3. The number of nitriles is 1. The Kier molecular flexibility index (Phi) is 3.57. The van der Waals surface area contributed by atoms with Crippen LogP contribution in [-0.2, 0) is 4.79 Å². The summed E-state index contributed by atoms with van der Waals surface area (Å²) >= 11 is 0. The summed E-state index contributed by atoms with van der Waals surface area (Å²) in [7, 11) is 1.55. The van der Waals surface area contributed by atoms with Crippen LogP contribution in [0, 0.1) is 11.3 Å². The monoisotopic (exact) mass is 205 g/mol. The molecule has 6 heteroatoms. The minimum atomic E-state index is -0.441. The Balaban J connectivity index is 2.73. The molecule has 0 saturated carbocycles. The van der Waals surface area contributed by atoms with Gasteiger partial charge in [0.25, 0.3) is 0 Å². The van der Waals surface area contributed by atoms with Gasteiger partial charge in [0.15, 0.2) is 0 Å². The number of carbonyl (C=O) groups is 1. The van der Waals surface area contributed by atoms with Crippen LogP contribution in [0.5, 0.6) is 0 Å². The Morgan fingerprint density at radius 3 is 3.00 bits per heavy atom. The highest BCUT2D eigenvalue weighted by molar-refractivity contribution is 5.83. The van der Waals surface area contributed by atoms with E-state index in [9.17, 15) is 4.79 Å². The smallest absolute Gasteiger partial charge is 0.242 e. The van der Waals surface area contributed by atoms with E-state index in [2.05, 4.69) is 20.6 Å². The van der Waals surface area contributed by atoms with Crippen molar-refractivity contribution in [1.29, 1.82) is 5.26 Å². The lowest BCUT2D eigenvalue weighted by Crippen LogP contribution is -2.35. The topological polar surface area (TPSA) is 90.7 Å². The van der Waals surface area contributed by atoms with Gasteiger partial charge >= 0.3 is 0 Å². The molecule has 0 aliphatic carbocycles. The maximum atomic E-state index is 11.2. The quantitative estimate of drug-likeness (QED) is 0.718. The van der Waals surface area contributed by atoms with E-state index in [1.807, 2.05) is 6.07 Å². The molecule has 0 aromatic carbocycles. The van der Waals surface area contributed by atoms with Gasteiger partial charge in [-0.05, 0) is 13.0 Å². The van der Waals surface area contributed by atoms with Crippen molar-refractivity contribution in [3.05, 3.63) is 18.0 Å². The summed E-state index contributed by atoms with van der Waals surface area (Å²) in [5.74, 6) is 0.103. The fourth-order valence-corrected chi connectivity index (χ4v) is 0.966. The van der Waals surface area contributed by atoms with Gasteiger partial charge in [-0.15, -0.1) is 0 Å². The SMILES string of the molecule is CNC(=O)C(C)Nc1nccc(C#N)n1. The van der Waals surface area contributed by atoms with Gasteiger partial charge in [-0.2, -0.15) is 5.26 Å². The van der Waals surface area contributed by atoms with Crippen LogP contribution in [-0.4, -0.2) is 29.0 Å². The van der Waals surface area contributed by atoms with Crippen LogP contribution in [0.1, 0.15) is 12.6 Å². The van der Waals surface area contributed by atoms with E-state index >= 15 is 0 Å². The predicted octanol–water partition coefficient (Wildman–Crippen LogP) is -0.105. The van der Waals surface area contributed by atoms with Crippen molar-refractivity contribution in [2.75, 3.05) is 12.4 Å². The molecule has 0 spiro atoms. The molecule has 1 aromatic heterocycles. The van der Waals surface area contributed by atoms with Crippen LogP contribution >= 0.6 is 0 Å². The fraction of sp³-hybridized carbons (Fsp3) is 0.333. The van der Waals surface area contributed by atoms with E-state index in [1.165, 1.54) is 12.3 Å². The van der Waals surface area contributed by atoms with E-state index in [-0.39, 0.29) is 17.5 Å². The molecule has 0 fully saturated rings. The summed E-state index contributed by atoms with van der Waals surface area (Å²) in [6.07, 6.45) is 1.46. The van der Waals surface area contributed by atoms with Crippen LogP contribution in [0.15, 0.2) is 12.3 Å². The van der Waals surface area contributed by atoms with E-state index in [0.29, 0.717) is 0 Å². The molecule has 1 rings (SSSR count). The summed E-state index contributed by atoms with van der Waals surface area (Å²) in [6.45, 7) is 1.68. The second kappa shape index (κ2) is 4.91. The number of nitrogens with zero attached hydrogens (tertiary/aromatic N) is 3. The van der Waals surface area contributed by atoms with Gasteiger partial charge in [0, 0.05) is 13.2 Å². The molecule has 0 radical (unpaired) electrons. The minimum absolute atomic E-state index is 0.166. The number of hydrogen-bond donors (Lipinski definition) is 2. The average molecular weight is 205 g/mol. The molecule has 1 unspecified atom stereocenters. The second-order valence-corrected chi connectivity index (χ2v) is 2.86. The van der Waals surface area contributed by atoms with Crippen molar-refractivity contribution < 1.29 is 4.79 Å². The number of carbonyl (C=O) groups excluding carboxylic acids is 1. The molecule has 0 aliphatic rings. The summed E-state index contributed by atoms with van der Waals surface area (Å²) in [6, 6.07) is 2.95. The Bertz CT molecular complexity index is 398. The summed E-state index contributed by atoms with van der Waals surface area (Å²) in [5, 5.41) is 13.9. The van der Waals surface area contributed by atoms with Crippen molar-refractivity contribution in [2.24, 2.45) is 0 Å². The number of aromatic nitrogens is 2. The Labute approximate surface area is 87.3 Å². The zero-order chi connectivity index (χ0) is 11.3. The fourth-order valence-electron chi connectivity index (χ4n) is 0.966. The van der Waals surface area contributed by atoms with Crippen molar-refractivity contribution in [1.82, 2.24) is 15.3 Å². The first-order chi connectivity index (χ1) is 7.17. The van der Waals surface area contributed by atoms with E-state index in [4.69, 9.17) is 5.26 Å². The van der Waals surface area contributed by atoms with Gasteiger partial charge in [0.05, 0.1) is 0 Å². The number of nitrogens with one attached hydrogen (secondary N) is 2. The van der Waals surface area contributed by atoms with Crippen LogP contribution in [0.25, 0.3) is 0 Å². The van der Waals surface area contributed by atoms with Crippen LogP contribution in [0.2, 0.25) is 0 Å². The molecule has 1 amide bonds. The molecule has 6 nitrogen and oxygen atoms in total. The Morgan fingerprint density at radius 2 is 2.40 bits per heavy atom. The van der Waals surface area contributed by atoms with Crippen molar-refractivity contribution in [3.8, 4) is 6.07 Å². The third kappa shape index (κ3) is 2.91. The highest BCUT2D eigenvalue weighted by Gasteiger charge is 2.11. The molecule has 2 N–H and O–H groups in total. The summed E-state index contributed by atoms with van der Waals surface area (Å²) in [4.78, 5) is 19.0. The highest BCUT2D eigenvalue weighted by atomic mass is 16.2. The van der Waals surface area contributed by atoms with Crippen molar-refractivity contribution in [2.45, 2.75) is 13.0 Å². The molecule has 1 heterocycles. The first kappa shape index (κ1) is 10.9. The van der Waals surface area contributed by atoms with E-state index in [0.717, 1.165) is 0 Å². The van der Waals surface area contributed by atoms with E-state index < -0.39 is 6.04 Å². The Hall–Kier alpha value is -2.16. The highest BCUT2D eigenvalue weighted by Crippen LogP contribution is 2.01. The van der Waals surface area contributed by atoms with Crippen molar-refractivity contribution >= 4 is 11.9 Å². The van der Waals surface area contributed by atoms with Gasteiger partial charge in [0.1, 0.15) is 17.8 Å². The standard InChI is InChI=1S/C9H11N5O/c1-6(8(15)11-2)13-9-12-4-3-7(5-10)14-9/h3-4,6H,1-2H3,(H,11,15)(H,12,13,14). The maximum absolute atomic E-state index is 11.2. The lowest BCUT2D eigenvalue weighted by Gasteiger charge is -2.11. The van der Waals surface area contributed by atoms with Gasteiger partial charge in [-0.1, -0.05) is 0 Å². The molecule has 0 bridgehead atoms. The first-order valence-corrected chi connectivity index (χ1v) is 4.38. The molecule has 0 saturated heterocycles. The lowest BCUT2D eigenvalue weighted by atomic mass is 10.3. The number of rotatable bonds is 3.